The number of rotatable bonds is 49. The fourth-order valence-corrected chi connectivity index (χ4v) is 8.37. The molecule has 0 heterocycles. The summed E-state index contributed by atoms with van der Waals surface area (Å²) >= 11 is 0. The van der Waals surface area contributed by atoms with Crippen molar-refractivity contribution >= 4 is 19.8 Å². The van der Waals surface area contributed by atoms with Crippen LogP contribution in [0, 0.1) is 0 Å². The Morgan fingerprint density at radius 3 is 1.03 bits per heavy atom. The summed E-state index contributed by atoms with van der Waals surface area (Å²) in [7, 11) is -4.61. The van der Waals surface area contributed by atoms with E-state index in [2.05, 4.69) is 13.8 Å². The van der Waals surface area contributed by atoms with Crippen LogP contribution < -0.4 is 0 Å². The normalized spacial score (nSPS) is 13.6. The highest BCUT2D eigenvalue weighted by atomic mass is 31.2. The van der Waals surface area contributed by atoms with Crippen LogP contribution in [0.25, 0.3) is 0 Å². The fraction of sp³-hybridized carbons (Fsp3) is 0.959. The average Bonchev–Trinajstić information content (AvgIpc) is 3.24. The van der Waals surface area contributed by atoms with Crippen LogP contribution in [0.15, 0.2) is 0 Å². The number of aliphatic hydroxyl groups is 2. The lowest BCUT2D eigenvalue weighted by atomic mass is 10.0. The number of phosphoric acid groups is 1. The molecule has 3 atom stereocenters. The number of hydrogen-bond acceptors (Lipinski definition) is 9. The van der Waals surface area contributed by atoms with Gasteiger partial charge in [-0.05, 0) is 12.8 Å². The number of ether oxygens (including phenoxy) is 2. The van der Waals surface area contributed by atoms with Crippen molar-refractivity contribution in [1.29, 1.82) is 0 Å². The molecule has 0 aromatic carbocycles. The molecule has 0 aliphatic rings. The predicted octanol–water partition coefficient (Wildman–Crippen LogP) is 14.2. The quantitative estimate of drug-likeness (QED) is 0.0306. The van der Waals surface area contributed by atoms with E-state index in [9.17, 15) is 24.2 Å². The third kappa shape index (κ3) is 45.0. The lowest BCUT2D eigenvalue weighted by molar-refractivity contribution is -0.161. The summed E-state index contributed by atoms with van der Waals surface area (Å²) in [6.45, 7) is 2.45. The Morgan fingerprint density at radius 2 is 0.717 bits per heavy atom. The van der Waals surface area contributed by atoms with Crippen molar-refractivity contribution in [2.45, 2.75) is 276 Å². The fourth-order valence-electron chi connectivity index (χ4n) is 7.59. The molecule has 1 unspecified atom stereocenters. The Morgan fingerprint density at radius 1 is 0.433 bits per heavy atom. The Labute approximate surface area is 369 Å². The standard InChI is InChI=1S/C49H97O10P/c1-3-5-7-9-11-13-15-17-19-21-22-23-25-27-29-31-33-35-37-39-41-49(53)59-47(45-58-60(54,55)57-43-46(51)42-50)44-56-48(52)40-38-36-34-32-30-28-26-24-20-18-16-14-12-10-8-6-4-2/h46-47,50-51H,3-45H2,1-2H3,(H,54,55)/t46-,47+/m0/s1. The van der Waals surface area contributed by atoms with E-state index in [4.69, 9.17) is 23.6 Å². The van der Waals surface area contributed by atoms with Gasteiger partial charge in [-0.15, -0.1) is 0 Å². The van der Waals surface area contributed by atoms with Gasteiger partial charge < -0.3 is 24.6 Å². The number of aliphatic hydroxyl groups excluding tert-OH is 2. The highest BCUT2D eigenvalue weighted by Crippen LogP contribution is 2.43. The van der Waals surface area contributed by atoms with Gasteiger partial charge in [-0.1, -0.05) is 239 Å². The Balaban J connectivity index is 4.13. The molecule has 0 aliphatic carbocycles. The van der Waals surface area contributed by atoms with Crippen molar-refractivity contribution in [3.8, 4) is 0 Å². The van der Waals surface area contributed by atoms with E-state index in [1.165, 1.54) is 193 Å². The summed E-state index contributed by atoms with van der Waals surface area (Å²) < 4.78 is 32.9. The number of carbonyl (C=O) groups is 2. The molecule has 0 bridgehead atoms. The first-order valence-electron chi connectivity index (χ1n) is 25.5. The largest absolute Gasteiger partial charge is 0.472 e. The van der Waals surface area contributed by atoms with E-state index in [0.29, 0.717) is 12.8 Å². The second-order valence-corrected chi connectivity index (χ2v) is 19.0. The second kappa shape index (κ2) is 46.0. The summed E-state index contributed by atoms with van der Waals surface area (Å²) in [5.41, 5.74) is 0. The molecule has 0 rings (SSSR count). The van der Waals surface area contributed by atoms with Crippen LogP contribution in [0.5, 0.6) is 0 Å². The zero-order valence-electron chi connectivity index (χ0n) is 39.2. The van der Waals surface area contributed by atoms with Crippen LogP contribution >= 0.6 is 7.82 Å². The van der Waals surface area contributed by atoms with Gasteiger partial charge in [0.25, 0.3) is 0 Å². The van der Waals surface area contributed by atoms with Gasteiger partial charge >= 0.3 is 19.8 Å². The van der Waals surface area contributed by atoms with E-state index in [0.717, 1.165) is 32.1 Å². The molecule has 0 fully saturated rings. The van der Waals surface area contributed by atoms with Crippen molar-refractivity contribution < 1.29 is 47.8 Å². The van der Waals surface area contributed by atoms with Crippen LogP contribution in [0.1, 0.15) is 264 Å². The molecule has 0 amide bonds. The molecular weight excluding hydrogens is 780 g/mol. The maximum atomic E-state index is 12.7. The number of esters is 2. The monoisotopic (exact) mass is 877 g/mol. The van der Waals surface area contributed by atoms with E-state index >= 15 is 0 Å². The molecule has 0 aromatic rings. The zero-order valence-corrected chi connectivity index (χ0v) is 40.1. The first kappa shape index (κ1) is 59.0. The minimum absolute atomic E-state index is 0.193. The van der Waals surface area contributed by atoms with E-state index in [1.54, 1.807) is 0 Å². The molecule has 0 aromatic heterocycles. The average molecular weight is 877 g/mol. The summed E-state index contributed by atoms with van der Waals surface area (Å²) in [5.74, 6) is -0.903. The van der Waals surface area contributed by atoms with Crippen molar-refractivity contribution in [2.24, 2.45) is 0 Å². The topological polar surface area (TPSA) is 149 Å². The Hall–Kier alpha value is -1.03. The predicted molar refractivity (Wildman–Crippen MR) is 247 cm³/mol. The maximum Gasteiger partial charge on any atom is 0.472 e. The third-order valence-electron chi connectivity index (χ3n) is 11.5. The Kier molecular flexibility index (Phi) is 45.2. The van der Waals surface area contributed by atoms with Crippen molar-refractivity contribution in [2.75, 3.05) is 26.4 Å². The molecule has 3 N–H and O–H groups in total. The molecule has 60 heavy (non-hydrogen) atoms. The molecule has 11 heteroatoms. The van der Waals surface area contributed by atoms with E-state index in [-0.39, 0.29) is 19.4 Å². The van der Waals surface area contributed by atoms with Gasteiger partial charge in [-0.3, -0.25) is 18.6 Å². The van der Waals surface area contributed by atoms with Crippen molar-refractivity contribution in [1.82, 2.24) is 0 Å². The van der Waals surface area contributed by atoms with Gasteiger partial charge in [0, 0.05) is 12.8 Å². The minimum atomic E-state index is -4.61. The summed E-state index contributed by atoms with van der Waals surface area (Å²) in [6.07, 6.45) is 45.0. The first-order valence-corrected chi connectivity index (χ1v) is 27.0. The smallest absolute Gasteiger partial charge is 0.462 e. The van der Waals surface area contributed by atoms with Gasteiger partial charge in [0.05, 0.1) is 19.8 Å². The van der Waals surface area contributed by atoms with Gasteiger partial charge in [-0.25, -0.2) is 4.57 Å². The first-order chi connectivity index (χ1) is 29.2. The zero-order chi connectivity index (χ0) is 44.0. The molecule has 0 spiro atoms. The number of unbranched alkanes of at least 4 members (excludes halogenated alkanes) is 35. The lowest BCUT2D eigenvalue weighted by Crippen LogP contribution is -2.29. The number of phosphoric ester groups is 1. The Bertz CT molecular complexity index is 966. The molecular formula is C49H97O10P. The highest BCUT2D eigenvalue weighted by Gasteiger charge is 2.27. The van der Waals surface area contributed by atoms with E-state index < -0.39 is 51.8 Å². The van der Waals surface area contributed by atoms with Gasteiger partial charge in [0.15, 0.2) is 6.10 Å². The molecule has 0 aliphatic heterocycles. The lowest BCUT2D eigenvalue weighted by Gasteiger charge is -2.20. The molecule has 0 saturated carbocycles. The van der Waals surface area contributed by atoms with E-state index in [1.807, 2.05) is 0 Å². The van der Waals surface area contributed by atoms with Crippen molar-refractivity contribution in [3.63, 3.8) is 0 Å². The van der Waals surface area contributed by atoms with Gasteiger partial charge in [0.1, 0.15) is 12.7 Å². The molecule has 0 saturated heterocycles. The van der Waals surface area contributed by atoms with Crippen LogP contribution in [0.3, 0.4) is 0 Å². The van der Waals surface area contributed by atoms with Crippen LogP contribution in [-0.4, -0.2) is 65.7 Å². The summed E-state index contributed by atoms with van der Waals surface area (Å²) in [5, 5.41) is 18.4. The van der Waals surface area contributed by atoms with Crippen LogP contribution in [-0.2, 0) is 32.7 Å². The maximum absolute atomic E-state index is 12.7. The number of hydrogen-bond donors (Lipinski definition) is 3. The van der Waals surface area contributed by atoms with Crippen LogP contribution in [0.2, 0.25) is 0 Å². The summed E-state index contributed by atoms with van der Waals surface area (Å²) in [6, 6.07) is 0. The SMILES string of the molecule is CCCCCCCCCCCCCCCCCCCCCCC(=O)O[C@H](COC(=O)CCCCCCCCCCCCCCCCCCC)COP(=O)(O)OC[C@@H](O)CO. The minimum Gasteiger partial charge on any atom is -0.462 e. The van der Waals surface area contributed by atoms with Crippen LogP contribution in [0.4, 0.5) is 0 Å². The van der Waals surface area contributed by atoms with Gasteiger partial charge in [0.2, 0.25) is 0 Å². The summed E-state index contributed by atoms with van der Waals surface area (Å²) in [4.78, 5) is 35.1. The molecule has 358 valence electrons. The third-order valence-corrected chi connectivity index (χ3v) is 12.5. The van der Waals surface area contributed by atoms with Gasteiger partial charge in [-0.2, -0.15) is 0 Å². The number of carbonyl (C=O) groups excluding carboxylic acids is 2. The second-order valence-electron chi connectivity index (χ2n) is 17.6. The van der Waals surface area contributed by atoms with Crippen molar-refractivity contribution in [3.05, 3.63) is 0 Å². The molecule has 10 nitrogen and oxygen atoms in total. The highest BCUT2D eigenvalue weighted by molar-refractivity contribution is 7.47. The molecule has 0 radical (unpaired) electrons.